The predicted octanol–water partition coefficient (Wildman–Crippen LogP) is 2.15. The first-order valence-corrected chi connectivity index (χ1v) is 7.13. The fourth-order valence-electron chi connectivity index (χ4n) is 3.07. The molecule has 17 heavy (non-hydrogen) atoms. The van der Waals surface area contributed by atoms with Gasteiger partial charge in [-0.15, -0.1) is 0 Å². The third-order valence-corrected chi connectivity index (χ3v) is 4.30. The van der Waals surface area contributed by atoms with Crippen LogP contribution < -0.4 is 5.73 Å². The first-order chi connectivity index (χ1) is 8.05. The van der Waals surface area contributed by atoms with Crippen LogP contribution in [0.4, 0.5) is 0 Å². The van der Waals surface area contributed by atoms with Gasteiger partial charge in [0, 0.05) is 13.1 Å². The molecule has 0 aromatic rings. The highest BCUT2D eigenvalue weighted by molar-refractivity contribution is 5.86. The number of hydrogen-bond donors (Lipinski definition) is 1. The van der Waals surface area contributed by atoms with Crippen LogP contribution in [0.2, 0.25) is 0 Å². The van der Waals surface area contributed by atoms with E-state index in [9.17, 15) is 4.79 Å². The minimum atomic E-state index is -0.567. The Morgan fingerprint density at radius 2 is 2.12 bits per heavy atom. The van der Waals surface area contributed by atoms with E-state index >= 15 is 0 Å². The van der Waals surface area contributed by atoms with Crippen molar-refractivity contribution < 1.29 is 4.79 Å². The Hall–Kier alpha value is -0.570. The van der Waals surface area contributed by atoms with Crippen molar-refractivity contribution in [3.05, 3.63) is 0 Å². The Morgan fingerprint density at radius 3 is 2.65 bits per heavy atom. The molecule has 2 unspecified atom stereocenters. The van der Waals surface area contributed by atoms with Crippen molar-refractivity contribution in [3.8, 4) is 0 Å². The van der Waals surface area contributed by atoms with E-state index < -0.39 is 5.54 Å². The van der Waals surface area contributed by atoms with Crippen LogP contribution in [-0.4, -0.2) is 29.4 Å². The smallest absolute Gasteiger partial charge is 0.242 e. The summed E-state index contributed by atoms with van der Waals surface area (Å²) in [7, 11) is 0. The lowest BCUT2D eigenvalue weighted by atomic mass is 9.76. The van der Waals surface area contributed by atoms with Gasteiger partial charge in [-0.05, 0) is 44.4 Å². The Bertz CT molecular complexity index is 288. The number of carbonyl (C=O) groups is 1. The van der Waals surface area contributed by atoms with E-state index in [0.717, 1.165) is 38.3 Å². The molecule has 0 aliphatic heterocycles. The number of nitrogens with zero attached hydrogens (tertiary/aromatic N) is 1. The molecule has 2 N–H and O–H groups in total. The summed E-state index contributed by atoms with van der Waals surface area (Å²) in [6.07, 6.45) is 6.64. The summed E-state index contributed by atoms with van der Waals surface area (Å²) < 4.78 is 0. The largest absolute Gasteiger partial charge is 0.341 e. The topological polar surface area (TPSA) is 46.3 Å². The van der Waals surface area contributed by atoms with Gasteiger partial charge in [0.05, 0.1) is 5.54 Å². The normalized spacial score (nSPS) is 33.5. The quantitative estimate of drug-likeness (QED) is 0.815. The molecule has 0 radical (unpaired) electrons. The van der Waals surface area contributed by atoms with E-state index in [1.165, 1.54) is 19.3 Å². The second-order valence-corrected chi connectivity index (χ2v) is 6.14. The monoisotopic (exact) mass is 238 g/mol. The van der Waals surface area contributed by atoms with E-state index in [2.05, 4.69) is 13.8 Å². The van der Waals surface area contributed by atoms with Gasteiger partial charge in [0.15, 0.2) is 0 Å². The second kappa shape index (κ2) is 4.97. The SMILES string of the molecule is CCN(CC1CC1)C(=O)C1(N)CCCC(C)C1. The molecule has 2 atom stereocenters. The van der Waals surface area contributed by atoms with Gasteiger partial charge in [-0.25, -0.2) is 0 Å². The van der Waals surface area contributed by atoms with E-state index in [-0.39, 0.29) is 5.91 Å². The van der Waals surface area contributed by atoms with Crippen molar-refractivity contribution in [2.24, 2.45) is 17.6 Å². The van der Waals surface area contributed by atoms with Crippen LogP contribution >= 0.6 is 0 Å². The van der Waals surface area contributed by atoms with Gasteiger partial charge in [0.1, 0.15) is 0 Å². The highest BCUT2D eigenvalue weighted by atomic mass is 16.2. The number of carbonyl (C=O) groups excluding carboxylic acids is 1. The summed E-state index contributed by atoms with van der Waals surface area (Å²) in [5, 5.41) is 0. The molecule has 0 saturated heterocycles. The molecule has 0 aromatic heterocycles. The minimum Gasteiger partial charge on any atom is -0.341 e. The average molecular weight is 238 g/mol. The summed E-state index contributed by atoms with van der Waals surface area (Å²) in [6, 6.07) is 0. The fraction of sp³-hybridized carbons (Fsp3) is 0.929. The van der Waals surface area contributed by atoms with Crippen molar-refractivity contribution in [1.82, 2.24) is 4.90 Å². The lowest BCUT2D eigenvalue weighted by Gasteiger charge is -2.39. The van der Waals surface area contributed by atoms with Crippen molar-refractivity contribution in [1.29, 1.82) is 0 Å². The summed E-state index contributed by atoms with van der Waals surface area (Å²) in [5.41, 5.74) is 5.81. The van der Waals surface area contributed by atoms with Crippen molar-refractivity contribution in [2.45, 2.75) is 57.9 Å². The zero-order chi connectivity index (χ0) is 12.5. The molecule has 2 saturated carbocycles. The summed E-state index contributed by atoms with van der Waals surface area (Å²) in [4.78, 5) is 14.6. The highest BCUT2D eigenvalue weighted by Gasteiger charge is 2.41. The van der Waals surface area contributed by atoms with Crippen LogP contribution in [0.15, 0.2) is 0 Å². The third-order valence-electron chi connectivity index (χ3n) is 4.30. The zero-order valence-corrected chi connectivity index (χ0v) is 11.2. The number of amides is 1. The van der Waals surface area contributed by atoms with Crippen molar-refractivity contribution in [3.63, 3.8) is 0 Å². The first kappa shape index (κ1) is 12.9. The summed E-state index contributed by atoms with van der Waals surface area (Å²) in [6.45, 7) is 6.02. The number of rotatable bonds is 4. The summed E-state index contributed by atoms with van der Waals surface area (Å²) >= 11 is 0. The molecule has 98 valence electrons. The van der Waals surface area contributed by atoms with Gasteiger partial charge in [-0.3, -0.25) is 4.79 Å². The molecular weight excluding hydrogens is 212 g/mol. The van der Waals surface area contributed by atoms with E-state index in [0.29, 0.717) is 5.92 Å². The number of likely N-dealkylation sites (N-methyl/N-ethyl adjacent to an activating group) is 1. The van der Waals surface area contributed by atoms with Crippen molar-refractivity contribution in [2.75, 3.05) is 13.1 Å². The van der Waals surface area contributed by atoms with Crippen LogP contribution in [0.3, 0.4) is 0 Å². The van der Waals surface area contributed by atoms with Gasteiger partial charge in [0.25, 0.3) is 0 Å². The lowest BCUT2D eigenvalue weighted by Crippen LogP contribution is -2.57. The van der Waals surface area contributed by atoms with Gasteiger partial charge in [-0.1, -0.05) is 19.8 Å². The molecule has 2 aliphatic carbocycles. The molecule has 2 fully saturated rings. The fourth-order valence-corrected chi connectivity index (χ4v) is 3.07. The molecule has 0 spiro atoms. The van der Waals surface area contributed by atoms with Gasteiger partial charge in [-0.2, -0.15) is 0 Å². The van der Waals surface area contributed by atoms with E-state index in [4.69, 9.17) is 5.73 Å². The van der Waals surface area contributed by atoms with E-state index in [1.54, 1.807) is 0 Å². The summed E-state index contributed by atoms with van der Waals surface area (Å²) in [5.74, 6) is 1.55. The average Bonchev–Trinajstić information content (AvgIpc) is 3.08. The zero-order valence-electron chi connectivity index (χ0n) is 11.2. The number of nitrogens with two attached hydrogens (primary N) is 1. The van der Waals surface area contributed by atoms with Gasteiger partial charge >= 0.3 is 0 Å². The van der Waals surface area contributed by atoms with Crippen LogP contribution in [-0.2, 0) is 4.79 Å². The van der Waals surface area contributed by atoms with Crippen molar-refractivity contribution >= 4 is 5.91 Å². The highest BCUT2D eigenvalue weighted by Crippen LogP contribution is 2.34. The lowest BCUT2D eigenvalue weighted by molar-refractivity contribution is -0.138. The van der Waals surface area contributed by atoms with Gasteiger partial charge in [0.2, 0.25) is 5.91 Å². The van der Waals surface area contributed by atoms with Crippen LogP contribution in [0, 0.1) is 11.8 Å². The third kappa shape index (κ3) is 3.01. The number of hydrogen-bond acceptors (Lipinski definition) is 2. The van der Waals surface area contributed by atoms with Gasteiger partial charge < -0.3 is 10.6 Å². The molecule has 0 bridgehead atoms. The molecule has 3 heteroatoms. The predicted molar refractivity (Wildman–Crippen MR) is 69.5 cm³/mol. The Balaban J connectivity index is 1.99. The molecule has 3 nitrogen and oxygen atoms in total. The Kier molecular flexibility index (Phi) is 3.76. The minimum absolute atomic E-state index is 0.207. The first-order valence-electron chi connectivity index (χ1n) is 7.13. The van der Waals surface area contributed by atoms with E-state index in [1.807, 2.05) is 4.90 Å². The maximum Gasteiger partial charge on any atom is 0.242 e. The second-order valence-electron chi connectivity index (χ2n) is 6.14. The Morgan fingerprint density at radius 1 is 1.41 bits per heavy atom. The standard InChI is InChI=1S/C14H26N2O/c1-3-16(10-12-6-7-12)13(17)14(15)8-4-5-11(2)9-14/h11-12H,3-10,15H2,1-2H3. The van der Waals surface area contributed by atoms with Crippen LogP contribution in [0.1, 0.15) is 52.4 Å². The molecular formula is C14H26N2O. The molecule has 2 rings (SSSR count). The maximum absolute atomic E-state index is 12.6. The van der Waals surface area contributed by atoms with Crippen LogP contribution in [0.5, 0.6) is 0 Å². The molecule has 0 heterocycles. The molecule has 2 aliphatic rings. The van der Waals surface area contributed by atoms with Crippen LogP contribution in [0.25, 0.3) is 0 Å². The maximum atomic E-state index is 12.6. The molecule has 1 amide bonds. The Labute approximate surface area is 105 Å². The molecule has 0 aromatic carbocycles.